The number of nitrogens with zero attached hydrogens (tertiary/aromatic N) is 3. The molecule has 4 aromatic rings. The summed E-state index contributed by atoms with van der Waals surface area (Å²) in [5.41, 5.74) is 10.3. The zero-order valence-corrected chi connectivity index (χ0v) is 18.0. The number of primary amides is 1. The van der Waals surface area contributed by atoms with Crippen molar-refractivity contribution >= 4 is 45.8 Å². The molecule has 33 heavy (non-hydrogen) atoms. The number of H-pyrrole nitrogens is 1. The maximum Gasteiger partial charge on any atom is 0.417 e. The van der Waals surface area contributed by atoms with Gasteiger partial charge in [0.25, 0.3) is 5.91 Å². The molecule has 2 aromatic carbocycles. The molecule has 0 spiro atoms. The van der Waals surface area contributed by atoms with Crippen molar-refractivity contribution in [1.29, 1.82) is 0 Å². The average molecular weight is 445 g/mol. The predicted octanol–water partition coefficient (Wildman–Crippen LogP) is 3.41. The number of nitrogens with one attached hydrogen (secondary N) is 3. The van der Waals surface area contributed by atoms with E-state index >= 15 is 0 Å². The molecule has 0 atom stereocenters. The Balaban J connectivity index is 1.41. The fourth-order valence-electron chi connectivity index (χ4n) is 3.96. The molecule has 0 aliphatic carbocycles. The van der Waals surface area contributed by atoms with E-state index in [1.165, 1.54) is 0 Å². The van der Waals surface area contributed by atoms with Gasteiger partial charge in [-0.25, -0.2) is 9.78 Å². The summed E-state index contributed by atoms with van der Waals surface area (Å²) in [6, 6.07) is 10.7. The Morgan fingerprint density at radius 1 is 1.12 bits per heavy atom. The van der Waals surface area contributed by atoms with Gasteiger partial charge in [0.2, 0.25) is 5.95 Å². The molecule has 0 bridgehead atoms. The minimum atomic E-state index is -0.498. The number of oxazole rings is 1. The monoisotopic (exact) mass is 445 g/mol. The molecule has 10 nitrogen and oxygen atoms in total. The topological polar surface area (TPSA) is 142 Å². The molecule has 0 saturated carbocycles. The molecule has 1 fully saturated rings. The van der Waals surface area contributed by atoms with Gasteiger partial charge in [-0.3, -0.25) is 9.78 Å². The Morgan fingerprint density at radius 2 is 1.88 bits per heavy atom. The third kappa shape index (κ3) is 4.22. The third-order valence-corrected chi connectivity index (χ3v) is 5.62. The van der Waals surface area contributed by atoms with Gasteiger partial charge >= 0.3 is 5.76 Å². The summed E-state index contributed by atoms with van der Waals surface area (Å²) in [7, 11) is 0. The van der Waals surface area contributed by atoms with Gasteiger partial charge in [0, 0.05) is 36.2 Å². The van der Waals surface area contributed by atoms with Crippen LogP contribution in [0.1, 0.15) is 28.8 Å². The lowest BCUT2D eigenvalue weighted by molar-refractivity contribution is 0.100. The zero-order chi connectivity index (χ0) is 22.9. The second-order valence-electron chi connectivity index (χ2n) is 7.99. The van der Waals surface area contributed by atoms with Gasteiger partial charge in [-0.05, 0) is 56.2 Å². The van der Waals surface area contributed by atoms with E-state index in [4.69, 9.17) is 10.2 Å². The van der Waals surface area contributed by atoms with Crippen LogP contribution in [0.3, 0.4) is 0 Å². The van der Waals surface area contributed by atoms with Crippen molar-refractivity contribution in [3.63, 3.8) is 0 Å². The van der Waals surface area contributed by atoms with E-state index < -0.39 is 11.7 Å². The highest BCUT2D eigenvalue weighted by Crippen LogP contribution is 2.29. The van der Waals surface area contributed by atoms with Gasteiger partial charge in [0.1, 0.15) is 5.82 Å². The van der Waals surface area contributed by atoms with Crippen LogP contribution in [0.5, 0.6) is 0 Å². The Bertz CT molecular complexity index is 1400. The quantitative estimate of drug-likeness (QED) is 0.354. The van der Waals surface area contributed by atoms with Crippen LogP contribution in [0.15, 0.2) is 51.8 Å². The SMILES string of the molecule is Cc1cnc(Nc2ccc(C(N)=O)c(N3CCCC3)c2)nc1Nc1ccc2oc(=O)[nH]c2c1. The highest BCUT2D eigenvalue weighted by molar-refractivity contribution is 5.99. The number of nitrogens with two attached hydrogens (primary N) is 1. The first kappa shape index (κ1) is 20.6. The van der Waals surface area contributed by atoms with Crippen LogP contribution in [0.4, 0.5) is 28.8 Å². The summed E-state index contributed by atoms with van der Waals surface area (Å²) >= 11 is 0. The van der Waals surface area contributed by atoms with E-state index in [0.717, 1.165) is 48.6 Å². The Morgan fingerprint density at radius 3 is 2.67 bits per heavy atom. The summed E-state index contributed by atoms with van der Waals surface area (Å²) in [5.74, 6) is 0.0753. The van der Waals surface area contributed by atoms with Crippen LogP contribution in [0, 0.1) is 6.92 Å². The molecule has 2 aromatic heterocycles. The Labute approximate surface area is 188 Å². The van der Waals surface area contributed by atoms with Crippen LogP contribution in [0.2, 0.25) is 0 Å². The smallest absolute Gasteiger partial charge is 0.408 e. The van der Waals surface area contributed by atoms with Gasteiger partial charge in [0.05, 0.1) is 16.8 Å². The van der Waals surface area contributed by atoms with Crippen molar-refractivity contribution in [2.75, 3.05) is 28.6 Å². The zero-order valence-electron chi connectivity index (χ0n) is 18.0. The number of hydrogen-bond acceptors (Lipinski definition) is 8. The first-order valence-electron chi connectivity index (χ1n) is 10.7. The summed E-state index contributed by atoms with van der Waals surface area (Å²) in [5, 5.41) is 6.47. The molecular formula is C23H23N7O3. The first-order chi connectivity index (χ1) is 16.0. The number of amides is 1. The van der Waals surface area contributed by atoms with Crippen molar-refractivity contribution in [2.24, 2.45) is 5.73 Å². The summed E-state index contributed by atoms with van der Waals surface area (Å²) < 4.78 is 5.05. The molecule has 0 unspecified atom stereocenters. The molecule has 1 aliphatic heterocycles. The maximum atomic E-state index is 11.9. The average Bonchev–Trinajstić information content (AvgIpc) is 3.44. The van der Waals surface area contributed by atoms with Gasteiger partial charge in [-0.2, -0.15) is 4.98 Å². The molecule has 1 amide bonds. The van der Waals surface area contributed by atoms with E-state index in [-0.39, 0.29) is 0 Å². The number of aryl methyl sites for hydroxylation is 1. The standard InChI is InChI=1S/C23H23N7O3/c1-13-12-25-22(29-21(13)26-14-5-7-19-17(10-14)28-23(32)33-19)27-15-4-6-16(20(24)31)18(11-15)30-8-2-3-9-30/h4-7,10-12H,2-3,8-9H2,1H3,(H2,24,31)(H,28,32)(H2,25,26,27,29). The van der Waals surface area contributed by atoms with Crippen molar-refractivity contribution in [3.05, 3.63) is 64.3 Å². The predicted molar refractivity (Wildman–Crippen MR) is 127 cm³/mol. The normalized spacial score (nSPS) is 13.4. The minimum Gasteiger partial charge on any atom is -0.408 e. The maximum absolute atomic E-state index is 11.9. The third-order valence-electron chi connectivity index (χ3n) is 5.62. The van der Waals surface area contributed by atoms with Crippen LogP contribution >= 0.6 is 0 Å². The second-order valence-corrected chi connectivity index (χ2v) is 7.99. The summed E-state index contributed by atoms with van der Waals surface area (Å²) in [6.07, 6.45) is 3.89. The van der Waals surface area contributed by atoms with Gasteiger partial charge in [0.15, 0.2) is 5.58 Å². The molecule has 0 radical (unpaired) electrons. The van der Waals surface area contributed by atoms with E-state index in [1.54, 1.807) is 36.5 Å². The van der Waals surface area contributed by atoms with E-state index in [9.17, 15) is 9.59 Å². The van der Waals surface area contributed by atoms with Crippen molar-refractivity contribution in [2.45, 2.75) is 19.8 Å². The van der Waals surface area contributed by atoms with E-state index in [0.29, 0.717) is 28.4 Å². The van der Waals surface area contributed by atoms with Crippen LogP contribution in [-0.4, -0.2) is 33.9 Å². The number of carbonyl (C=O) groups is 1. The number of aromatic nitrogens is 3. The molecule has 5 rings (SSSR count). The molecule has 1 aliphatic rings. The number of anilines is 5. The second kappa shape index (κ2) is 8.30. The molecule has 168 valence electrons. The van der Waals surface area contributed by atoms with E-state index in [1.807, 2.05) is 13.0 Å². The van der Waals surface area contributed by atoms with Gasteiger partial charge in [-0.15, -0.1) is 0 Å². The van der Waals surface area contributed by atoms with E-state index in [2.05, 4.69) is 30.5 Å². The lowest BCUT2D eigenvalue weighted by Crippen LogP contribution is -2.23. The van der Waals surface area contributed by atoms with Crippen LogP contribution in [-0.2, 0) is 0 Å². The van der Waals surface area contributed by atoms with Crippen LogP contribution in [0.25, 0.3) is 11.1 Å². The summed E-state index contributed by atoms with van der Waals surface area (Å²) in [6.45, 7) is 3.69. The summed E-state index contributed by atoms with van der Waals surface area (Å²) in [4.78, 5) is 37.1. The Hall–Kier alpha value is -4.34. The number of hydrogen-bond donors (Lipinski definition) is 4. The highest BCUT2D eigenvalue weighted by atomic mass is 16.4. The fraction of sp³-hybridized carbons (Fsp3) is 0.217. The first-order valence-corrected chi connectivity index (χ1v) is 10.7. The number of benzene rings is 2. The van der Waals surface area contributed by atoms with Crippen molar-refractivity contribution in [1.82, 2.24) is 15.0 Å². The number of aromatic amines is 1. The molecule has 5 N–H and O–H groups in total. The molecule has 10 heteroatoms. The minimum absolute atomic E-state index is 0.403. The van der Waals surface area contributed by atoms with Gasteiger partial charge < -0.3 is 25.7 Å². The molecule has 1 saturated heterocycles. The number of carbonyl (C=O) groups excluding carboxylic acids is 1. The lowest BCUT2D eigenvalue weighted by atomic mass is 10.1. The lowest BCUT2D eigenvalue weighted by Gasteiger charge is -2.21. The van der Waals surface area contributed by atoms with Crippen molar-refractivity contribution in [3.8, 4) is 0 Å². The van der Waals surface area contributed by atoms with Crippen molar-refractivity contribution < 1.29 is 9.21 Å². The molecule has 3 heterocycles. The number of rotatable bonds is 6. The molecular weight excluding hydrogens is 422 g/mol. The Kier molecular flexibility index (Phi) is 5.17. The number of fused-ring (bicyclic) bond motifs is 1. The van der Waals surface area contributed by atoms with Crippen LogP contribution < -0.4 is 27.0 Å². The largest absolute Gasteiger partial charge is 0.417 e. The highest BCUT2D eigenvalue weighted by Gasteiger charge is 2.19. The van der Waals surface area contributed by atoms with Gasteiger partial charge in [-0.1, -0.05) is 0 Å². The fourth-order valence-corrected chi connectivity index (χ4v) is 3.96.